The summed E-state index contributed by atoms with van der Waals surface area (Å²) >= 11 is 0. The summed E-state index contributed by atoms with van der Waals surface area (Å²) < 4.78 is 28.3. The third-order valence-corrected chi connectivity index (χ3v) is 6.63. The van der Waals surface area contributed by atoms with Crippen molar-refractivity contribution in [1.29, 1.82) is 0 Å². The number of furan rings is 1. The summed E-state index contributed by atoms with van der Waals surface area (Å²) in [5, 5.41) is 10.5. The number of fused-ring (bicyclic) bond motifs is 1. The van der Waals surface area contributed by atoms with E-state index in [0.717, 1.165) is 11.3 Å². The minimum atomic E-state index is -3.81. The van der Waals surface area contributed by atoms with Crippen LogP contribution >= 0.6 is 0 Å². The number of hydrogen-bond acceptors (Lipinski definition) is 6. The maximum Gasteiger partial charge on any atom is 0.291 e. The van der Waals surface area contributed by atoms with Crippen molar-refractivity contribution in [2.75, 3.05) is 17.3 Å². The van der Waals surface area contributed by atoms with Crippen molar-refractivity contribution >= 4 is 33.2 Å². The SMILES string of the molecule is CNC(=O)c1cccc2c1CC(C)N2Cc1ccoc1C(=O)Nc1ccc(S(N)(=O)=O)cc1. The fourth-order valence-electron chi connectivity index (χ4n) is 4.05. The number of rotatable bonds is 6. The maximum absolute atomic E-state index is 12.8. The Morgan fingerprint density at radius 3 is 2.52 bits per heavy atom. The van der Waals surface area contributed by atoms with Gasteiger partial charge in [0.15, 0.2) is 5.76 Å². The van der Waals surface area contributed by atoms with Crippen LogP contribution in [0.15, 0.2) is 64.1 Å². The van der Waals surface area contributed by atoms with Gasteiger partial charge in [-0.05, 0) is 61.4 Å². The van der Waals surface area contributed by atoms with Crippen LogP contribution in [0.4, 0.5) is 11.4 Å². The van der Waals surface area contributed by atoms with Gasteiger partial charge in [0, 0.05) is 42.1 Å². The second-order valence-corrected chi connectivity index (χ2v) is 9.42. The summed E-state index contributed by atoms with van der Waals surface area (Å²) in [6.07, 6.45) is 2.17. The van der Waals surface area contributed by atoms with Crippen molar-refractivity contribution in [1.82, 2.24) is 5.32 Å². The third-order valence-electron chi connectivity index (χ3n) is 5.70. The summed E-state index contributed by atoms with van der Waals surface area (Å²) in [6, 6.07) is 13.1. The van der Waals surface area contributed by atoms with Gasteiger partial charge in [-0.3, -0.25) is 9.59 Å². The molecule has 1 aliphatic rings. The first kappa shape index (κ1) is 22.6. The molecule has 1 aliphatic heterocycles. The van der Waals surface area contributed by atoms with E-state index in [1.54, 1.807) is 13.1 Å². The number of nitrogens with one attached hydrogen (secondary N) is 2. The second kappa shape index (κ2) is 8.72. The third kappa shape index (κ3) is 4.48. The highest BCUT2D eigenvalue weighted by Crippen LogP contribution is 2.36. The van der Waals surface area contributed by atoms with E-state index in [1.165, 1.54) is 30.5 Å². The standard InChI is InChI=1S/C23H24N4O5S/c1-14-12-19-18(22(28)25-2)4-3-5-20(19)27(14)13-15-10-11-32-21(15)23(29)26-16-6-8-17(9-7-16)33(24,30)31/h3-11,14H,12-13H2,1-2H3,(H,25,28)(H,26,29)(H2,24,30,31). The molecule has 0 saturated carbocycles. The van der Waals surface area contributed by atoms with Crippen LogP contribution in [0.5, 0.6) is 0 Å². The predicted molar refractivity (Wildman–Crippen MR) is 124 cm³/mol. The Hall–Kier alpha value is -3.63. The average Bonchev–Trinajstić information content (AvgIpc) is 3.37. The average molecular weight is 469 g/mol. The van der Waals surface area contributed by atoms with Gasteiger partial charge in [-0.15, -0.1) is 0 Å². The molecule has 33 heavy (non-hydrogen) atoms. The zero-order valence-electron chi connectivity index (χ0n) is 18.2. The highest BCUT2D eigenvalue weighted by molar-refractivity contribution is 7.89. The van der Waals surface area contributed by atoms with E-state index in [9.17, 15) is 18.0 Å². The largest absolute Gasteiger partial charge is 0.459 e. The van der Waals surface area contributed by atoms with Crippen molar-refractivity contribution in [3.8, 4) is 0 Å². The second-order valence-electron chi connectivity index (χ2n) is 7.86. The molecular formula is C23H24N4O5S. The minimum absolute atomic E-state index is 0.0444. The van der Waals surface area contributed by atoms with Gasteiger partial charge in [0.1, 0.15) is 0 Å². The Bertz CT molecular complexity index is 1310. The van der Waals surface area contributed by atoms with E-state index < -0.39 is 15.9 Å². The van der Waals surface area contributed by atoms with Crippen molar-refractivity contribution in [3.05, 3.63) is 77.2 Å². The topological polar surface area (TPSA) is 135 Å². The maximum atomic E-state index is 12.8. The first-order chi connectivity index (χ1) is 15.7. The molecule has 2 aromatic carbocycles. The molecule has 1 aromatic heterocycles. The Morgan fingerprint density at radius 2 is 1.85 bits per heavy atom. The number of primary sulfonamides is 1. The van der Waals surface area contributed by atoms with Crippen LogP contribution in [0, 0.1) is 0 Å². The Balaban J connectivity index is 1.54. The van der Waals surface area contributed by atoms with Gasteiger partial charge in [-0.2, -0.15) is 0 Å². The molecule has 0 radical (unpaired) electrons. The highest BCUT2D eigenvalue weighted by atomic mass is 32.2. The van der Waals surface area contributed by atoms with Gasteiger partial charge in [0.2, 0.25) is 10.0 Å². The molecule has 0 fully saturated rings. The van der Waals surface area contributed by atoms with Crippen LogP contribution in [-0.2, 0) is 23.0 Å². The van der Waals surface area contributed by atoms with Gasteiger partial charge in [0.05, 0.1) is 11.2 Å². The molecule has 4 N–H and O–H groups in total. The molecule has 9 nitrogen and oxygen atoms in total. The van der Waals surface area contributed by atoms with Gasteiger partial charge >= 0.3 is 0 Å². The molecule has 10 heteroatoms. The number of carbonyl (C=O) groups is 2. The van der Waals surface area contributed by atoms with E-state index in [-0.39, 0.29) is 22.6 Å². The molecular weight excluding hydrogens is 444 g/mol. The van der Waals surface area contributed by atoms with Crippen molar-refractivity contribution in [2.45, 2.75) is 30.8 Å². The van der Waals surface area contributed by atoms with E-state index in [4.69, 9.17) is 9.56 Å². The molecule has 4 rings (SSSR count). The quantitative estimate of drug-likeness (QED) is 0.509. The summed E-state index contributed by atoms with van der Waals surface area (Å²) in [5.41, 5.74) is 3.68. The van der Waals surface area contributed by atoms with Crippen LogP contribution in [0.1, 0.15) is 39.0 Å². The lowest BCUT2D eigenvalue weighted by molar-refractivity contribution is 0.0960. The predicted octanol–water partition coefficient (Wildman–Crippen LogP) is 2.49. The number of nitrogens with two attached hydrogens (primary N) is 1. The van der Waals surface area contributed by atoms with Crippen molar-refractivity contribution in [2.24, 2.45) is 5.14 Å². The van der Waals surface area contributed by atoms with Crippen molar-refractivity contribution < 1.29 is 22.4 Å². The molecule has 0 spiro atoms. The summed E-state index contributed by atoms with van der Waals surface area (Å²) in [6.45, 7) is 2.50. The lowest BCUT2D eigenvalue weighted by Crippen LogP contribution is -2.29. The monoisotopic (exact) mass is 468 g/mol. The van der Waals surface area contributed by atoms with E-state index in [0.29, 0.717) is 29.8 Å². The van der Waals surface area contributed by atoms with Crippen LogP contribution in [0.3, 0.4) is 0 Å². The normalized spacial score (nSPS) is 15.2. The number of amides is 2. The Morgan fingerprint density at radius 1 is 1.12 bits per heavy atom. The Labute approximate surface area is 191 Å². The Kier molecular flexibility index (Phi) is 5.96. The summed E-state index contributed by atoms with van der Waals surface area (Å²) in [4.78, 5) is 27.2. The van der Waals surface area contributed by atoms with Crippen LogP contribution < -0.4 is 20.7 Å². The summed E-state index contributed by atoms with van der Waals surface area (Å²) in [5.74, 6) is -0.420. The van der Waals surface area contributed by atoms with Gasteiger partial charge in [-0.1, -0.05) is 6.07 Å². The van der Waals surface area contributed by atoms with E-state index in [1.807, 2.05) is 18.2 Å². The van der Waals surface area contributed by atoms with Crippen molar-refractivity contribution in [3.63, 3.8) is 0 Å². The van der Waals surface area contributed by atoms with E-state index in [2.05, 4.69) is 22.5 Å². The van der Waals surface area contributed by atoms with Crippen LogP contribution in [0.25, 0.3) is 0 Å². The van der Waals surface area contributed by atoms with Gasteiger partial charge in [-0.25, -0.2) is 13.6 Å². The molecule has 0 saturated heterocycles. The lowest BCUT2D eigenvalue weighted by Gasteiger charge is -2.24. The number of nitrogens with zero attached hydrogens (tertiary/aromatic N) is 1. The number of sulfonamides is 1. The minimum Gasteiger partial charge on any atom is -0.459 e. The fraction of sp³-hybridized carbons (Fsp3) is 0.217. The van der Waals surface area contributed by atoms with E-state index >= 15 is 0 Å². The number of anilines is 2. The molecule has 0 aliphatic carbocycles. The molecule has 2 amide bonds. The zero-order valence-corrected chi connectivity index (χ0v) is 19.0. The number of hydrogen-bond donors (Lipinski definition) is 3. The molecule has 1 atom stereocenters. The zero-order chi connectivity index (χ0) is 23.8. The van der Waals surface area contributed by atoms with Gasteiger partial charge in [0.25, 0.3) is 11.8 Å². The first-order valence-electron chi connectivity index (χ1n) is 10.3. The number of carbonyl (C=O) groups excluding carboxylic acids is 2. The molecule has 0 bridgehead atoms. The summed E-state index contributed by atoms with van der Waals surface area (Å²) in [7, 11) is -2.21. The fourth-order valence-corrected chi connectivity index (χ4v) is 4.56. The van der Waals surface area contributed by atoms with Crippen LogP contribution in [-0.4, -0.2) is 33.3 Å². The molecule has 3 aromatic rings. The van der Waals surface area contributed by atoms with Gasteiger partial charge < -0.3 is 20.0 Å². The van der Waals surface area contributed by atoms with Crippen LogP contribution in [0.2, 0.25) is 0 Å². The first-order valence-corrected chi connectivity index (χ1v) is 11.8. The highest BCUT2D eigenvalue weighted by Gasteiger charge is 2.31. The molecule has 1 unspecified atom stereocenters. The molecule has 172 valence electrons. The smallest absolute Gasteiger partial charge is 0.291 e. The molecule has 2 heterocycles. The lowest BCUT2D eigenvalue weighted by atomic mass is 10.0. The number of benzene rings is 2.